The van der Waals surface area contributed by atoms with Crippen LogP contribution in [0.5, 0.6) is 0 Å². The smallest absolute Gasteiger partial charge is 0.315 e. The maximum Gasteiger partial charge on any atom is 0.315 e. The molecule has 7 heteroatoms. The van der Waals surface area contributed by atoms with E-state index < -0.39 is 5.97 Å². The maximum atomic E-state index is 11.8. The monoisotopic (exact) mass is 294 g/mol. The van der Waals surface area contributed by atoms with Crippen molar-refractivity contribution in [2.75, 3.05) is 6.54 Å². The number of nitrogens with zero attached hydrogens (tertiary/aromatic N) is 2. The second-order valence-corrected chi connectivity index (χ2v) is 5.57. The molecule has 2 amide bonds. The number of hydrogen-bond acceptors (Lipinski definition) is 3. The van der Waals surface area contributed by atoms with Crippen LogP contribution in [0.2, 0.25) is 0 Å². The van der Waals surface area contributed by atoms with E-state index in [-0.39, 0.29) is 18.0 Å². The predicted molar refractivity (Wildman–Crippen MR) is 76.8 cm³/mol. The van der Waals surface area contributed by atoms with Gasteiger partial charge in [-0.1, -0.05) is 6.42 Å². The number of aliphatic carboxylic acids is 1. The number of carboxylic acid groups (broad SMARTS) is 1. The van der Waals surface area contributed by atoms with Crippen molar-refractivity contribution in [3.8, 4) is 0 Å². The third-order valence-electron chi connectivity index (χ3n) is 3.82. The zero-order valence-electron chi connectivity index (χ0n) is 12.2. The van der Waals surface area contributed by atoms with E-state index in [2.05, 4.69) is 15.7 Å². The minimum absolute atomic E-state index is 0.0433. The van der Waals surface area contributed by atoms with Gasteiger partial charge in [0.1, 0.15) is 0 Å². The molecule has 1 aromatic rings. The van der Waals surface area contributed by atoms with Crippen molar-refractivity contribution in [1.82, 2.24) is 20.4 Å². The van der Waals surface area contributed by atoms with Crippen LogP contribution in [-0.2, 0) is 18.3 Å². The Balaban J connectivity index is 1.68. The third kappa shape index (κ3) is 4.77. The van der Waals surface area contributed by atoms with E-state index in [4.69, 9.17) is 5.11 Å². The first kappa shape index (κ1) is 15.3. The van der Waals surface area contributed by atoms with E-state index in [1.165, 1.54) is 0 Å². The molecule has 1 fully saturated rings. The van der Waals surface area contributed by atoms with Gasteiger partial charge in [-0.15, -0.1) is 0 Å². The number of nitrogens with one attached hydrogen (secondary N) is 2. The number of amides is 2. The molecule has 1 aromatic heterocycles. The summed E-state index contributed by atoms with van der Waals surface area (Å²) in [7, 11) is 1.85. The van der Waals surface area contributed by atoms with E-state index in [0.29, 0.717) is 19.4 Å². The van der Waals surface area contributed by atoms with E-state index in [1.54, 1.807) is 10.9 Å². The highest BCUT2D eigenvalue weighted by Gasteiger charge is 2.27. The molecule has 116 valence electrons. The van der Waals surface area contributed by atoms with Crippen LogP contribution < -0.4 is 10.6 Å². The Labute approximate surface area is 123 Å². The van der Waals surface area contributed by atoms with Crippen LogP contribution in [0.3, 0.4) is 0 Å². The van der Waals surface area contributed by atoms with Crippen molar-refractivity contribution in [2.24, 2.45) is 13.0 Å². The van der Waals surface area contributed by atoms with Crippen molar-refractivity contribution < 1.29 is 14.7 Å². The van der Waals surface area contributed by atoms with Crippen LogP contribution >= 0.6 is 0 Å². The number of urea groups is 1. The zero-order chi connectivity index (χ0) is 15.2. The van der Waals surface area contributed by atoms with Crippen LogP contribution in [0.25, 0.3) is 0 Å². The van der Waals surface area contributed by atoms with Gasteiger partial charge in [0.15, 0.2) is 0 Å². The van der Waals surface area contributed by atoms with Gasteiger partial charge in [-0.05, 0) is 31.2 Å². The van der Waals surface area contributed by atoms with Crippen LogP contribution in [0.4, 0.5) is 4.79 Å². The third-order valence-corrected chi connectivity index (χ3v) is 3.82. The summed E-state index contributed by atoms with van der Waals surface area (Å²) in [5.74, 6) is -1.10. The first-order valence-electron chi connectivity index (χ1n) is 7.29. The zero-order valence-corrected chi connectivity index (χ0v) is 12.2. The molecule has 3 N–H and O–H groups in total. The predicted octanol–water partition coefficient (Wildman–Crippen LogP) is 0.905. The molecule has 1 saturated carbocycles. The number of carboxylic acids is 1. The van der Waals surface area contributed by atoms with Crippen LogP contribution in [0.1, 0.15) is 31.2 Å². The molecule has 2 atom stereocenters. The second-order valence-electron chi connectivity index (χ2n) is 5.57. The van der Waals surface area contributed by atoms with Gasteiger partial charge in [0.05, 0.1) is 12.1 Å². The fraction of sp³-hybridized carbons (Fsp3) is 0.643. The normalized spacial score (nSPS) is 21.8. The summed E-state index contributed by atoms with van der Waals surface area (Å²) in [5, 5.41) is 18.7. The molecule has 0 aromatic carbocycles. The van der Waals surface area contributed by atoms with E-state index in [0.717, 1.165) is 24.8 Å². The Bertz CT molecular complexity index is 500. The van der Waals surface area contributed by atoms with Crippen molar-refractivity contribution >= 4 is 12.0 Å². The molecule has 2 unspecified atom stereocenters. The molecule has 0 spiro atoms. The second kappa shape index (κ2) is 7.10. The molecule has 7 nitrogen and oxygen atoms in total. The first-order valence-corrected chi connectivity index (χ1v) is 7.29. The number of carbonyl (C=O) groups excluding carboxylic acids is 1. The Hall–Kier alpha value is -2.05. The quantitative estimate of drug-likeness (QED) is 0.752. The topological polar surface area (TPSA) is 96.2 Å². The van der Waals surface area contributed by atoms with E-state index >= 15 is 0 Å². The summed E-state index contributed by atoms with van der Waals surface area (Å²) >= 11 is 0. The Kier molecular flexibility index (Phi) is 5.19. The van der Waals surface area contributed by atoms with E-state index in [1.807, 2.05) is 13.2 Å². The number of aromatic nitrogens is 2. The lowest BCUT2D eigenvalue weighted by molar-refractivity contribution is -0.143. The highest BCUT2D eigenvalue weighted by atomic mass is 16.4. The highest BCUT2D eigenvalue weighted by Crippen LogP contribution is 2.24. The van der Waals surface area contributed by atoms with Gasteiger partial charge in [0, 0.05) is 25.8 Å². The van der Waals surface area contributed by atoms with E-state index in [9.17, 15) is 9.59 Å². The van der Waals surface area contributed by atoms with Gasteiger partial charge in [-0.3, -0.25) is 9.48 Å². The molecule has 1 heterocycles. The van der Waals surface area contributed by atoms with Crippen LogP contribution in [0, 0.1) is 5.92 Å². The van der Waals surface area contributed by atoms with Gasteiger partial charge in [0.25, 0.3) is 0 Å². The lowest BCUT2D eigenvalue weighted by Gasteiger charge is -2.27. The SMILES string of the molecule is Cn1cc(CCNC(=O)NC2CCCC(C(=O)O)C2)cn1. The standard InChI is InChI=1S/C14H22N4O3/c1-18-9-10(8-16-18)5-6-15-14(21)17-12-4-2-3-11(7-12)13(19)20/h8-9,11-12H,2-7H2,1H3,(H,19,20)(H2,15,17,21). The number of rotatable bonds is 5. The van der Waals surface area contributed by atoms with Crippen LogP contribution in [0.15, 0.2) is 12.4 Å². The minimum Gasteiger partial charge on any atom is -0.481 e. The molecule has 1 aliphatic rings. The van der Waals surface area contributed by atoms with Gasteiger partial charge >= 0.3 is 12.0 Å². The summed E-state index contributed by atoms with van der Waals surface area (Å²) in [6.45, 7) is 0.534. The Morgan fingerprint density at radius 2 is 2.29 bits per heavy atom. The molecule has 2 rings (SSSR count). The average molecular weight is 294 g/mol. The average Bonchev–Trinajstić information content (AvgIpc) is 2.84. The molecule has 0 bridgehead atoms. The van der Waals surface area contributed by atoms with Gasteiger partial charge in [-0.25, -0.2) is 4.79 Å². The van der Waals surface area contributed by atoms with Crippen LogP contribution in [-0.4, -0.2) is 39.5 Å². The Morgan fingerprint density at radius 3 is 2.95 bits per heavy atom. The molecular formula is C14H22N4O3. The fourth-order valence-corrected chi connectivity index (χ4v) is 2.70. The molecule has 0 radical (unpaired) electrons. The molecule has 21 heavy (non-hydrogen) atoms. The number of carbonyl (C=O) groups is 2. The maximum absolute atomic E-state index is 11.8. The molecule has 0 aliphatic heterocycles. The highest BCUT2D eigenvalue weighted by molar-refractivity contribution is 5.74. The fourth-order valence-electron chi connectivity index (χ4n) is 2.70. The van der Waals surface area contributed by atoms with Crippen molar-refractivity contribution in [3.05, 3.63) is 18.0 Å². The number of hydrogen-bond donors (Lipinski definition) is 3. The Morgan fingerprint density at radius 1 is 1.48 bits per heavy atom. The van der Waals surface area contributed by atoms with Gasteiger partial charge in [0.2, 0.25) is 0 Å². The summed E-state index contributed by atoms with van der Waals surface area (Å²) in [6.07, 6.45) is 7.33. The lowest BCUT2D eigenvalue weighted by Crippen LogP contribution is -2.45. The molecular weight excluding hydrogens is 272 g/mol. The molecule has 0 saturated heterocycles. The van der Waals surface area contributed by atoms with Gasteiger partial charge < -0.3 is 15.7 Å². The lowest BCUT2D eigenvalue weighted by atomic mass is 9.86. The minimum atomic E-state index is -0.765. The van der Waals surface area contributed by atoms with Gasteiger partial charge in [-0.2, -0.15) is 5.10 Å². The number of aryl methyl sites for hydroxylation is 1. The van der Waals surface area contributed by atoms with Crippen molar-refractivity contribution in [2.45, 2.75) is 38.1 Å². The molecule has 1 aliphatic carbocycles. The summed E-state index contributed by atoms with van der Waals surface area (Å²) in [5.41, 5.74) is 1.07. The summed E-state index contributed by atoms with van der Waals surface area (Å²) in [4.78, 5) is 22.8. The summed E-state index contributed by atoms with van der Waals surface area (Å²) in [6, 6.07) is -0.270. The summed E-state index contributed by atoms with van der Waals surface area (Å²) < 4.78 is 1.73. The van der Waals surface area contributed by atoms with Crippen molar-refractivity contribution in [1.29, 1.82) is 0 Å². The first-order chi connectivity index (χ1) is 10.0. The largest absolute Gasteiger partial charge is 0.481 e. The van der Waals surface area contributed by atoms with Crippen molar-refractivity contribution in [3.63, 3.8) is 0 Å².